The number of benzene rings is 2. The molecule has 0 amide bonds. The summed E-state index contributed by atoms with van der Waals surface area (Å²) in [5, 5.41) is 0. The first-order valence-electron chi connectivity index (χ1n) is 6.34. The zero-order chi connectivity index (χ0) is 15.2. The average molecular weight is 288 g/mol. The fourth-order valence-electron chi connectivity index (χ4n) is 1.72. The first kappa shape index (κ1) is 14.7. The van der Waals surface area contributed by atoms with Gasteiger partial charge in [0.25, 0.3) is 0 Å². The highest BCUT2D eigenvalue weighted by atomic mass is 19.1. The van der Waals surface area contributed by atoms with Crippen molar-refractivity contribution in [2.75, 3.05) is 6.61 Å². The summed E-state index contributed by atoms with van der Waals surface area (Å²) in [5.74, 6) is -0.761. The van der Waals surface area contributed by atoms with E-state index in [1.165, 1.54) is 36.4 Å². The number of carbonyl (C=O) groups is 2. The summed E-state index contributed by atoms with van der Waals surface area (Å²) in [6.07, 6.45) is 0.667. The lowest BCUT2D eigenvalue weighted by molar-refractivity contribution is 0.0728. The van der Waals surface area contributed by atoms with Gasteiger partial charge in [0.2, 0.25) is 0 Å². The average Bonchev–Trinajstić information content (AvgIpc) is 2.49. The molecule has 0 aromatic heterocycles. The zero-order valence-corrected chi connectivity index (χ0v) is 11.3. The number of ether oxygens (including phenoxy) is 2. The third kappa shape index (κ3) is 3.66. The van der Waals surface area contributed by atoms with Crippen LogP contribution >= 0.6 is 0 Å². The highest BCUT2D eigenvalue weighted by molar-refractivity contribution is 5.91. The molecular weight excluding hydrogens is 275 g/mol. The molecule has 0 atom stereocenters. The Bertz CT molecular complexity index is 667. The predicted molar refractivity (Wildman–Crippen MR) is 74.4 cm³/mol. The summed E-state index contributed by atoms with van der Waals surface area (Å²) in [6, 6.07) is 9.64. The Morgan fingerprint density at radius 1 is 1.19 bits per heavy atom. The summed E-state index contributed by atoms with van der Waals surface area (Å²) < 4.78 is 23.6. The molecule has 0 bridgehead atoms. The van der Waals surface area contributed by atoms with Crippen molar-refractivity contribution in [1.82, 2.24) is 0 Å². The first-order chi connectivity index (χ1) is 10.1. The van der Waals surface area contributed by atoms with Gasteiger partial charge in [0.15, 0.2) is 11.5 Å². The van der Waals surface area contributed by atoms with Crippen molar-refractivity contribution < 1.29 is 23.5 Å². The van der Waals surface area contributed by atoms with Crippen molar-refractivity contribution in [3.63, 3.8) is 0 Å². The molecule has 108 valence electrons. The Morgan fingerprint density at radius 3 is 2.67 bits per heavy atom. The van der Waals surface area contributed by atoms with E-state index in [2.05, 4.69) is 0 Å². The van der Waals surface area contributed by atoms with Crippen LogP contribution in [0.4, 0.5) is 4.39 Å². The van der Waals surface area contributed by atoms with Crippen LogP contribution in [0.25, 0.3) is 0 Å². The van der Waals surface area contributed by atoms with E-state index in [0.717, 1.165) is 6.07 Å². The molecule has 0 aliphatic carbocycles. The van der Waals surface area contributed by atoms with E-state index in [1.54, 1.807) is 6.92 Å². The van der Waals surface area contributed by atoms with Gasteiger partial charge < -0.3 is 9.47 Å². The summed E-state index contributed by atoms with van der Waals surface area (Å²) in [5.41, 5.74) is 0.501. The Balaban J connectivity index is 2.26. The molecule has 0 N–H and O–H groups in total. The second kappa shape index (κ2) is 6.65. The van der Waals surface area contributed by atoms with Crippen LogP contribution in [0, 0.1) is 5.82 Å². The van der Waals surface area contributed by atoms with Crippen LogP contribution in [-0.2, 0) is 0 Å². The van der Waals surface area contributed by atoms with Gasteiger partial charge in [-0.25, -0.2) is 9.18 Å². The van der Waals surface area contributed by atoms with Gasteiger partial charge in [-0.2, -0.15) is 0 Å². The SMILES string of the molecule is CCOc1cc(C=O)ccc1OC(=O)c1cccc(F)c1. The van der Waals surface area contributed by atoms with E-state index < -0.39 is 11.8 Å². The molecular formula is C16H13FO4. The van der Waals surface area contributed by atoms with Crippen molar-refractivity contribution >= 4 is 12.3 Å². The van der Waals surface area contributed by atoms with Crippen molar-refractivity contribution in [1.29, 1.82) is 0 Å². The maximum Gasteiger partial charge on any atom is 0.343 e. The number of halogens is 1. The van der Waals surface area contributed by atoms with Crippen molar-refractivity contribution in [3.05, 3.63) is 59.4 Å². The molecule has 0 aliphatic heterocycles. The number of hydrogen-bond donors (Lipinski definition) is 0. The molecule has 0 fully saturated rings. The molecule has 0 heterocycles. The first-order valence-corrected chi connectivity index (χ1v) is 6.34. The molecule has 0 aliphatic rings. The smallest absolute Gasteiger partial charge is 0.343 e. The lowest BCUT2D eigenvalue weighted by atomic mass is 10.2. The maximum absolute atomic E-state index is 13.1. The molecule has 0 saturated heterocycles. The Morgan fingerprint density at radius 2 is 2.00 bits per heavy atom. The predicted octanol–water partition coefficient (Wildman–Crippen LogP) is 3.26. The van der Waals surface area contributed by atoms with Crippen LogP contribution in [0.2, 0.25) is 0 Å². The van der Waals surface area contributed by atoms with Crippen LogP contribution < -0.4 is 9.47 Å². The molecule has 0 radical (unpaired) electrons. The van der Waals surface area contributed by atoms with Crippen LogP contribution in [-0.4, -0.2) is 18.9 Å². The van der Waals surface area contributed by atoms with Gasteiger partial charge in [-0.05, 0) is 43.3 Å². The fourth-order valence-corrected chi connectivity index (χ4v) is 1.72. The van der Waals surface area contributed by atoms with E-state index in [9.17, 15) is 14.0 Å². The normalized spacial score (nSPS) is 10.0. The molecule has 2 aromatic carbocycles. The van der Waals surface area contributed by atoms with Gasteiger partial charge in [0.1, 0.15) is 12.1 Å². The van der Waals surface area contributed by atoms with Gasteiger partial charge in [-0.15, -0.1) is 0 Å². The van der Waals surface area contributed by atoms with Crippen molar-refractivity contribution in [3.8, 4) is 11.5 Å². The van der Waals surface area contributed by atoms with Gasteiger partial charge in [-0.1, -0.05) is 6.07 Å². The van der Waals surface area contributed by atoms with Gasteiger partial charge >= 0.3 is 5.97 Å². The minimum absolute atomic E-state index is 0.0944. The van der Waals surface area contributed by atoms with Gasteiger partial charge in [0.05, 0.1) is 12.2 Å². The lowest BCUT2D eigenvalue weighted by Gasteiger charge is -2.11. The van der Waals surface area contributed by atoms with Crippen LogP contribution in [0.1, 0.15) is 27.6 Å². The second-order valence-corrected chi connectivity index (χ2v) is 4.16. The van der Waals surface area contributed by atoms with E-state index in [0.29, 0.717) is 18.5 Å². The Hall–Kier alpha value is -2.69. The Labute approximate surface area is 121 Å². The quantitative estimate of drug-likeness (QED) is 0.481. The highest BCUT2D eigenvalue weighted by Gasteiger charge is 2.13. The van der Waals surface area contributed by atoms with Crippen LogP contribution in [0.3, 0.4) is 0 Å². The van der Waals surface area contributed by atoms with E-state index in [-0.39, 0.29) is 17.1 Å². The lowest BCUT2D eigenvalue weighted by Crippen LogP contribution is -2.10. The number of rotatable bonds is 5. The molecule has 5 heteroatoms. The molecule has 2 aromatic rings. The summed E-state index contributed by atoms with van der Waals surface area (Å²) in [4.78, 5) is 22.7. The van der Waals surface area contributed by atoms with Crippen LogP contribution in [0.15, 0.2) is 42.5 Å². The second-order valence-electron chi connectivity index (χ2n) is 4.16. The fraction of sp³-hybridized carbons (Fsp3) is 0.125. The minimum Gasteiger partial charge on any atom is -0.490 e. The topological polar surface area (TPSA) is 52.6 Å². The molecule has 2 rings (SSSR count). The molecule has 0 unspecified atom stereocenters. The summed E-state index contributed by atoms with van der Waals surface area (Å²) in [6.45, 7) is 2.12. The third-order valence-corrected chi connectivity index (χ3v) is 2.67. The number of hydrogen-bond acceptors (Lipinski definition) is 4. The maximum atomic E-state index is 13.1. The highest BCUT2D eigenvalue weighted by Crippen LogP contribution is 2.28. The number of esters is 1. The zero-order valence-electron chi connectivity index (χ0n) is 11.3. The van der Waals surface area contributed by atoms with Crippen molar-refractivity contribution in [2.45, 2.75) is 6.92 Å². The van der Waals surface area contributed by atoms with E-state index in [4.69, 9.17) is 9.47 Å². The van der Waals surface area contributed by atoms with E-state index in [1.807, 2.05) is 0 Å². The third-order valence-electron chi connectivity index (χ3n) is 2.67. The van der Waals surface area contributed by atoms with E-state index >= 15 is 0 Å². The Kier molecular flexibility index (Phi) is 4.66. The molecule has 21 heavy (non-hydrogen) atoms. The summed E-state index contributed by atoms with van der Waals surface area (Å²) in [7, 11) is 0. The van der Waals surface area contributed by atoms with Gasteiger partial charge in [0, 0.05) is 5.56 Å². The minimum atomic E-state index is -0.700. The monoisotopic (exact) mass is 288 g/mol. The number of aldehydes is 1. The van der Waals surface area contributed by atoms with Crippen LogP contribution in [0.5, 0.6) is 11.5 Å². The van der Waals surface area contributed by atoms with Gasteiger partial charge in [-0.3, -0.25) is 4.79 Å². The molecule has 4 nitrogen and oxygen atoms in total. The summed E-state index contributed by atoms with van der Waals surface area (Å²) >= 11 is 0. The largest absolute Gasteiger partial charge is 0.490 e. The standard InChI is InChI=1S/C16H13FO4/c1-2-20-15-8-11(10-18)6-7-14(15)21-16(19)12-4-3-5-13(17)9-12/h3-10H,2H2,1H3. The molecule has 0 spiro atoms. The number of carbonyl (C=O) groups excluding carboxylic acids is 2. The van der Waals surface area contributed by atoms with Crippen molar-refractivity contribution in [2.24, 2.45) is 0 Å². The molecule has 0 saturated carbocycles.